The number of aromatic nitrogens is 2. The van der Waals surface area contributed by atoms with E-state index >= 15 is 0 Å². The Kier molecular flexibility index (Phi) is 3.97. The van der Waals surface area contributed by atoms with Crippen molar-refractivity contribution in [1.29, 1.82) is 0 Å². The van der Waals surface area contributed by atoms with E-state index < -0.39 is 0 Å². The third-order valence-electron chi connectivity index (χ3n) is 3.62. The third kappa shape index (κ3) is 3.42. The summed E-state index contributed by atoms with van der Waals surface area (Å²) < 4.78 is 0. The second-order valence-electron chi connectivity index (χ2n) is 5.51. The molecule has 0 aliphatic heterocycles. The quantitative estimate of drug-likeness (QED) is 0.870. The molecule has 1 aliphatic rings. The SMILES string of the molecule is CCc1cc(NC2CC(C)CC(C)C2)ncn1. The molecule has 94 valence electrons. The zero-order chi connectivity index (χ0) is 12.3. The Labute approximate surface area is 104 Å². The minimum Gasteiger partial charge on any atom is -0.367 e. The van der Waals surface area contributed by atoms with Crippen LogP contribution in [0.4, 0.5) is 5.82 Å². The molecule has 0 amide bonds. The van der Waals surface area contributed by atoms with Crippen LogP contribution in [0.15, 0.2) is 12.4 Å². The van der Waals surface area contributed by atoms with Gasteiger partial charge >= 0.3 is 0 Å². The van der Waals surface area contributed by atoms with E-state index in [9.17, 15) is 0 Å². The zero-order valence-electron chi connectivity index (χ0n) is 11.1. The van der Waals surface area contributed by atoms with Gasteiger partial charge in [0.25, 0.3) is 0 Å². The summed E-state index contributed by atoms with van der Waals surface area (Å²) in [6.45, 7) is 6.82. The smallest absolute Gasteiger partial charge is 0.129 e. The molecular formula is C14H23N3. The first-order valence-electron chi connectivity index (χ1n) is 6.74. The van der Waals surface area contributed by atoms with Gasteiger partial charge in [0.05, 0.1) is 0 Å². The Bertz CT molecular complexity index is 354. The Morgan fingerprint density at radius 1 is 1.18 bits per heavy atom. The van der Waals surface area contributed by atoms with Crippen molar-refractivity contribution in [3.8, 4) is 0 Å². The van der Waals surface area contributed by atoms with Gasteiger partial charge in [0.15, 0.2) is 0 Å². The van der Waals surface area contributed by atoms with Crippen LogP contribution in [-0.2, 0) is 6.42 Å². The Balaban J connectivity index is 1.99. The van der Waals surface area contributed by atoms with Crippen molar-refractivity contribution in [3.05, 3.63) is 18.1 Å². The fourth-order valence-corrected chi connectivity index (χ4v) is 2.94. The predicted molar refractivity (Wildman–Crippen MR) is 71.0 cm³/mol. The minimum atomic E-state index is 0.577. The maximum atomic E-state index is 4.31. The lowest BCUT2D eigenvalue weighted by Gasteiger charge is -2.32. The summed E-state index contributed by atoms with van der Waals surface area (Å²) in [6.07, 6.45) is 6.51. The molecule has 0 aromatic carbocycles. The number of rotatable bonds is 3. The van der Waals surface area contributed by atoms with Gasteiger partial charge in [-0.2, -0.15) is 0 Å². The van der Waals surface area contributed by atoms with Crippen molar-refractivity contribution in [3.63, 3.8) is 0 Å². The first-order valence-corrected chi connectivity index (χ1v) is 6.74. The highest BCUT2D eigenvalue weighted by Crippen LogP contribution is 2.30. The average molecular weight is 233 g/mol. The molecule has 2 atom stereocenters. The lowest BCUT2D eigenvalue weighted by molar-refractivity contribution is 0.280. The van der Waals surface area contributed by atoms with Gasteiger partial charge in [-0.3, -0.25) is 0 Å². The summed E-state index contributed by atoms with van der Waals surface area (Å²) in [4.78, 5) is 8.54. The van der Waals surface area contributed by atoms with Crippen molar-refractivity contribution in [2.75, 3.05) is 5.32 Å². The van der Waals surface area contributed by atoms with Crippen molar-refractivity contribution >= 4 is 5.82 Å². The molecule has 0 saturated heterocycles. The van der Waals surface area contributed by atoms with E-state index in [1.807, 2.05) is 0 Å². The molecule has 3 heteroatoms. The highest BCUT2D eigenvalue weighted by Gasteiger charge is 2.23. The Morgan fingerprint density at radius 2 is 1.88 bits per heavy atom. The summed E-state index contributed by atoms with van der Waals surface area (Å²) >= 11 is 0. The molecule has 3 nitrogen and oxygen atoms in total. The molecule has 1 saturated carbocycles. The topological polar surface area (TPSA) is 37.8 Å². The number of anilines is 1. The molecule has 0 radical (unpaired) electrons. The molecule has 0 bridgehead atoms. The van der Waals surface area contributed by atoms with Crippen LogP contribution in [0.1, 0.15) is 45.7 Å². The van der Waals surface area contributed by atoms with Crippen LogP contribution in [0.2, 0.25) is 0 Å². The summed E-state index contributed by atoms with van der Waals surface area (Å²) in [6, 6.07) is 2.65. The lowest BCUT2D eigenvalue weighted by atomic mass is 9.80. The van der Waals surface area contributed by atoms with Gasteiger partial charge in [-0.25, -0.2) is 9.97 Å². The average Bonchev–Trinajstić information content (AvgIpc) is 2.28. The van der Waals surface area contributed by atoms with E-state index in [1.54, 1.807) is 6.33 Å². The third-order valence-corrected chi connectivity index (χ3v) is 3.62. The molecular weight excluding hydrogens is 210 g/mol. The molecule has 2 unspecified atom stereocenters. The molecule has 0 spiro atoms. The van der Waals surface area contributed by atoms with Gasteiger partial charge in [-0.15, -0.1) is 0 Å². The number of hydrogen-bond donors (Lipinski definition) is 1. The second kappa shape index (κ2) is 5.48. The molecule has 1 fully saturated rings. The summed E-state index contributed by atoms with van der Waals surface area (Å²) in [5.74, 6) is 2.63. The van der Waals surface area contributed by atoms with Crippen molar-refractivity contribution in [2.45, 2.75) is 52.5 Å². The Morgan fingerprint density at radius 3 is 2.53 bits per heavy atom. The van der Waals surface area contributed by atoms with Crippen LogP contribution < -0.4 is 5.32 Å². The minimum absolute atomic E-state index is 0.577. The van der Waals surface area contributed by atoms with Crippen LogP contribution >= 0.6 is 0 Å². The number of hydrogen-bond acceptors (Lipinski definition) is 3. The zero-order valence-corrected chi connectivity index (χ0v) is 11.1. The molecule has 1 aromatic rings. The second-order valence-corrected chi connectivity index (χ2v) is 5.51. The summed E-state index contributed by atoms with van der Waals surface area (Å²) in [7, 11) is 0. The van der Waals surface area contributed by atoms with Crippen LogP contribution in [0.25, 0.3) is 0 Å². The van der Waals surface area contributed by atoms with Crippen LogP contribution in [0.3, 0.4) is 0 Å². The van der Waals surface area contributed by atoms with Gasteiger partial charge in [-0.1, -0.05) is 20.8 Å². The highest BCUT2D eigenvalue weighted by atomic mass is 15.0. The number of nitrogens with one attached hydrogen (secondary N) is 1. The largest absolute Gasteiger partial charge is 0.367 e. The monoisotopic (exact) mass is 233 g/mol. The number of aryl methyl sites for hydroxylation is 1. The maximum absolute atomic E-state index is 4.31. The van der Waals surface area contributed by atoms with Crippen LogP contribution in [-0.4, -0.2) is 16.0 Å². The van der Waals surface area contributed by atoms with Gasteiger partial charge in [0, 0.05) is 17.8 Å². The lowest BCUT2D eigenvalue weighted by Crippen LogP contribution is -2.30. The van der Waals surface area contributed by atoms with Crippen molar-refractivity contribution in [1.82, 2.24) is 9.97 Å². The van der Waals surface area contributed by atoms with Crippen molar-refractivity contribution < 1.29 is 0 Å². The first kappa shape index (κ1) is 12.3. The fraction of sp³-hybridized carbons (Fsp3) is 0.714. The molecule has 1 aliphatic carbocycles. The van der Waals surface area contributed by atoms with Crippen LogP contribution in [0.5, 0.6) is 0 Å². The normalized spacial score (nSPS) is 29.0. The van der Waals surface area contributed by atoms with E-state index in [4.69, 9.17) is 0 Å². The van der Waals surface area contributed by atoms with E-state index in [2.05, 4.69) is 42.1 Å². The van der Waals surface area contributed by atoms with E-state index in [0.29, 0.717) is 6.04 Å². The standard InChI is InChI=1S/C14H23N3/c1-4-12-8-14(16-9-15-12)17-13-6-10(2)5-11(3)7-13/h8-11,13H,4-7H2,1-3H3,(H,15,16,17). The fourth-order valence-electron chi connectivity index (χ4n) is 2.94. The summed E-state index contributed by atoms with van der Waals surface area (Å²) in [5, 5.41) is 3.57. The van der Waals surface area contributed by atoms with Gasteiger partial charge in [0.1, 0.15) is 12.1 Å². The molecule has 1 aromatic heterocycles. The molecule has 17 heavy (non-hydrogen) atoms. The van der Waals surface area contributed by atoms with Gasteiger partial charge in [-0.05, 0) is 37.5 Å². The van der Waals surface area contributed by atoms with E-state index in [-0.39, 0.29) is 0 Å². The molecule has 2 rings (SSSR count). The highest BCUT2D eigenvalue weighted by molar-refractivity contribution is 5.36. The predicted octanol–water partition coefficient (Wildman–Crippen LogP) is 3.28. The van der Waals surface area contributed by atoms with Crippen molar-refractivity contribution in [2.24, 2.45) is 11.8 Å². The summed E-state index contributed by atoms with van der Waals surface area (Å²) in [5.41, 5.74) is 1.11. The first-order chi connectivity index (χ1) is 8.17. The van der Waals surface area contributed by atoms with Gasteiger partial charge < -0.3 is 5.32 Å². The van der Waals surface area contributed by atoms with Gasteiger partial charge in [0.2, 0.25) is 0 Å². The number of nitrogens with zero attached hydrogens (tertiary/aromatic N) is 2. The maximum Gasteiger partial charge on any atom is 0.129 e. The van der Waals surface area contributed by atoms with E-state index in [1.165, 1.54) is 19.3 Å². The van der Waals surface area contributed by atoms with E-state index in [0.717, 1.165) is 29.8 Å². The van der Waals surface area contributed by atoms with Crippen LogP contribution in [0, 0.1) is 11.8 Å². The molecule has 1 N–H and O–H groups in total. The molecule has 1 heterocycles. The Hall–Kier alpha value is -1.12.